The number of carbonyl (C=O) groups is 1. The van der Waals surface area contributed by atoms with Crippen LogP contribution in [0.4, 0.5) is 0 Å². The summed E-state index contributed by atoms with van der Waals surface area (Å²) in [6.45, 7) is 1.18. The molecular weight excluding hydrogens is 220 g/mol. The van der Waals surface area contributed by atoms with Crippen LogP contribution in [-0.2, 0) is 9.53 Å². The SMILES string of the molecule is CC(=O)OC1CC([N+](=O)[O-])CC([N+](=O)[O-])C1. The Bertz CT molecular complexity index is 296. The first-order valence-corrected chi connectivity index (χ1v) is 4.84. The Kier molecular flexibility index (Phi) is 3.75. The lowest BCUT2D eigenvalue weighted by molar-refractivity contribution is -0.570. The van der Waals surface area contributed by atoms with Crippen molar-refractivity contribution in [3.8, 4) is 0 Å². The van der Waals surface area contributed by atoms with E-state index in [9.17, 15) is 25.0 Å². The molecule has 0 aliphatic heterocycles. The molecule has 8 nitrogen and oxygen atoms in total. The lowest BCUT2D eigenvalue weighted by atomic mass is 9.89. The number of ether oxygens (including phenoxy) is 1. The molecule has 1 fully saturated rings. The summed E-state index contributed by atoms with van der Waals surface area (Å²) in [5, 5.41) is 21.2. The van der Waals surface area contributed by atoms with E-state index >= 15 is 0 Å². The number of nitro groups is 2. The average molecular weight is 232 g/mol. The van der Waals surface area contributed by atoms with Crippen LogP contribution < -0.4 is 0 Å². The van der Waals surface area contributed by atoms with Gasteiger partial charge in [-0.15, -0.1) is 0 Å². The van der Waals surface area contributed by atoms with E-state index in [1.165, 1.54) is 6.92 Å². The zero-order valence-electron chi connectivity index (χ0n) is 8.70. The molecular formula is C8H12N2O6. The van der Waals surface area contributed by atoms with Crippen molar-refractivity contribution in [3.63, 3.8) is 0 Å². The van der Waals surface area contributed by atoms with Crippen molar-refractivity contribution >= 4 is 5.97 Å². The van der Waals surface area contributed by atoms with E-state index in [-0.39, 0.29) is 19.3 Å². The Balaban J connectivity index is 2.69. The molecule has 0 radical (unpaired) electrons. The summed E-state index contributed by atoms with van der Waals surface area (Å²) in [6.07, 6.45) is -0.719. The van der Waals surface area contributed by atoms with Crippen LogP contribution in [0.1, 0.15) is 26.2 Å². The molecule has 0 bridgehead atoms. The molecule has 1 rings (SSSR count). The quantitative estimate of drug-likeness (QED) is 0.395. The lowest BCUT2D eigenvalue weighted by Gasteiger charge is -2.25. The van der Waals surface area contributed by atoms with E-state index in [0.717, 1.165) is 0 Å². The Morgan fingerprint density at radius 1 is 1.12 bits per heavy atom. The van der Waals surface area contributed by atoms with Gasteiger partial charge in [-0.2, -0.15) is 0 Å². The molecule has 90 valence electrons. The minimum absolute atomic E-state index is 0.0525. The third-order valence-corrected chi connectivity index (χ3v) is 2.54. The Labute approximate surface area is 90.9 Å². The maximum Gasteiger partial charge on any atom is 0.302 e. The maximum atomic E-state index is 10.7. The third kappa shape index (κ3) is 3.14. The van der Waals surface area contributed by atoms with Gasteiger partial charge >= 0.3 is 5.97 Å². The lowest BCUT2D eigenvalue weighted by Crippen LogP contribution is -2.42. The van der Waals surface area contributed by atoms with Gasteiger partial charge in [-0.05, 0) is 0 Å². The van der Waals surface area contributed by atoms with Crippen molar-refractivity contribution in [1.82, 2.24) is 0 Å². The first-order valence-electron chi connectivity index (χ1n) is 4.84. The van der Waals surface area contributed by atoms with Crippen LogP contribution in [0.3, 0.4) is 0 Å². The van der Waals surface area contributed by atoms with Gasteiger partial charge in [0.25, 0.3) is 0 Å². The van der Waals surface area contributed by atoms with E-state index in [1.807, 2.05) is 0 Å². The fourth-order valence-electron chi connectivity index (χ4n) is 1.88. The molecule has 0 N–H and O–H groups in total. The summed E-state index contributed by atoms with van der Waals surface area (Å²) < 4.78 is 4.80. The standard InChI is InChI=1S/C8H12N2O6/c1-5(11)16-8-3-6(9(12)13)2-7(4-8)10(14)15/h6-8H,2-4H2,1H3. The fourth-order valence-corrected chi connectivity index (χ4v) is 1.88. The largest absolute Gasteiger partial charge is 0.462 e. The first kappa shape index (κ1) is 12.3. The normalized spacial score (nSPS) is 29.4. The molecule has 0 heterocycles. The topological polar surface area (TPSA) is 113 Å². The molecule has 1 saturated carbocycles. The average Bonchev–Trinajstić information content (AvgIpc) is 2.15. The van der Waals surface area contributed by atoms with Crippen LogP contribution in [0.5, 0.6) is 0 Å². The molecule has 0 spiro atoms. The van der Waals surface area contributed by atoms with E-state index in [0.29, 0.717) is 0 Å². The molecule has 2 unspecified atom stereocenters. The van der Waals surface area contributed by atoms with Crippen molar-refractivity contribution in [2.75, 3.05) is 0 Å². The van der Waals surface area contributed by atoms with Gasteiger partial charge < -0.3 is 4.74 Å². The number of esters is 1. The number of nitrogens with zero attached hydrogens (tertiary/aromatic N) is 2. The summed E-state index contributed by atoms with van der Waals surface area (Å²) in [7, 11) is 0. The number of hydrogen-bond donors (Lipinski definition) is 0. The minimum Gasteiger partial charge on any atom is -0.462 e. The highest BCUT2D eigenvalue weighted by molar-refractivity contribution is 5.66. The van der Waals surface area contributed by atoms with Gasteiger partial charge in [-0.1, -0.05) is 0 Å². The maximum absolute atomic E-state index is 10.7. The van der Waals surface area contributed by atoms with Crippen molar-refractivity contribution in [2.24, 2.45) is 0 Å². The summed E-state index contributed by atoms with van der Waals surface area (Å²) >= 11 is 0. The predicted octanol–water partition coefficient (Wildman–Crippen LogP) is 0.393. The zero-order valence-corrected chi connectivity index (χ0v) is 8.70. The molecule has 2 atom stereocenters. The van der Waals surface area contributed by atoms with Crippen LogP contribution in [0.2, 0.25) is 0 Å². The summed E-state index contributed by atoms with van der Waals surface area (Å²) in [5.74, 6) is -0.573. The Morgan fingerprint density at radius 2 is 1.56 bits per heavy atom. The molecule has 0 saturated heterocycles. The second-order valence-electron chi connectivity index (χ2n) is 3.82. The third-order valence-electron chi connectivity index (χ3n) is 2.54. The monoisotopic (exact) mass is 232 g/mol. The van der Waals surface area contributed by atoms with Gasteiger partial charge in [0.05, 0.1) is 19.3 Å². The smallest absolute Gasteiger partial charge is 0.302 e. The fraction of sp³-hybridized carbons (Fsp3) is 0.875. The Hall–Kier alpha value is -1.73. The number of hydrogen-bond acceptors (Lipinski definition) is 6. The van der Waals surface area contributed by atoms with Crippen LogP contribution in [-0.4, -0.2) is 34.0 Å². The molecule has 1 aliphatic carbocycles. The van der Waals surface area contributed by atoms with E-state index in [1.54, 1.807) is 0 Å². The van der Waals surface area contributed by atoms with Crippen LogP contribution in [0.25, 0.3) is 0 Å². The number of rotatable bonds is 3. The van der Waals surface area contributed by atoms with Crippen molar-refractivity contribution in [3.05, 3.63) is 20.2 Å². The highest BCUT2D eigenvalue weighted by atomic mass is 16.6. The molecule has 0 aromatic heterocycles. The van der Waals surface area contributed by atoms with Crippen molar-refractivity contribution < 1.29 is 19.4 Å². The molecule has 0 aromatic carbocycles. The van der Waals surface area contributed by atoms with E-state index in [4.69, 9.17) is 4.74 Å². The first-order chi connectivity index (χ1) is 7.40. The van der Waals surface area contributed by atoms with Gasteiger partial charge in [0.15, 0.2) is 0 Å². The van der Waals surface area contributed by atoms with E-state index < -0.39 is 34.0 Å². The van der Waals surface area contributed by atoms with Crippen molar-refractivity contribution in [2.45, 2.75) is 44.4 Å². The minimum atomic E-state index is -1.01. The predicted molar refractivity (Wildman–Crippen MR) is 51.0 cm³/mol. The van der Waals surface area contributed by atoms with Gasteiger partial charge in [0.2, 0.25) is 12.1 Å². The number of carbonyl (C=O) groups excluding carboxylic acids is 1. The zero-order chi connectivity index (χ0) is 12.3. The molecule has 8 heteroatoms. The van der Waals surface area contributed by atoms with Crippen LogP contribution in [0, 0.1) is 20.2 Å². The van der Waals surface area contributed by atoms with Crippen molar-refractivity contribution in [1.29, 1.82) is 0 Å². The van der Waals surface area contributed by atoms with Gasteiger partial charge in [-0.25, -0.2) is 0 Å². The van der Waals surface area contributed by atoms with Crippen LogP contribution in [0.15, 0.2) is 0 Å². The second kappa shape index (κ2) is 4.86. The second-order valence-corrected chi connectivity index (χ2v) is 3.82. The van der Waals surface area contributed by atoms with Crippen LogP contribution >= 0.6 is 0 Å². The highest BCUT2D eigenvalue weighted by Gasteiger charge is 2.42. The molecule has 0 amide bonds. The van der Waals surface area contributed by atoms with Gasteiger partial charge in [-0.3, -0.25) is 25.0 Å². The summed E-state index contributed by atoms with van der Waals surface area (Å²) in [6, 6.07) is -2.01. The van der Waals surface area contributed by atoms with Gasteiger partial charge in [0, 0.05) is 16.8 Å². The summed E-state index contributed by atoms with van der Waals surface area (Å²) in [5.41, 5.74) is 0. The molecule has 0 aromatic rings. The van der Waals surface area contributed by atoms with E-state index in [2.05, 4.69) is 0 Å². The Morgan fingerprint density at radius 3 is 1.88 bits per heavy atom. The van der Waals surface area contributed by atoms with Gasteiger partial charge in [0.1, 0.15) is 6.10 Å². The molecule has 16 heavy (non-hydrogen) atoms. The highest BCUT2D eigenvalue weighted by Crippen LogP contribution is 2.25. The summed E-state index contributed by atoms with van der Waals surface area (Å²) in [4.78, 5) is 30.8. The molecule has 1 aliphatic rings.